The Morgan fingerprint density at radius 1 is 1.53 bits per heavy atom. The second-order valence-corrected chi connectivity index (χ2v) is 6.17. The summed E-state index contributed by atoms with van der Waals surface area (Å²) in [5.41, 5.74) is 1.13. The number of hydrogen-bond donors (Lipinski definition) is 2. The van der Waals surface area contributed by atoms with Crippen molar-refractivity contribution in [1.29, 1.82) is 0 Å². The van der Waals surface area contributed by atoms with Gasteiger partial charge in [0.2, 0.25) is 0 Å². The molecule has 1 aliphatic rings. The van der Waals surface area contributed by atoms with Crippen LogP contribution in [0.5, 0.6) is 0 Å². The van der Waals surface area contributed by atoms with Gasteiger partial charge in [-0.1, -0.05) is 13.3 Å². The predicted octanol–water partition coefficient (Wildman–Crippen LogP) is 3.04. The Labute approximate surface area is 118 Å². The maximum absolute atomic E-state index is 11.1. The molecule has 1 aliphatic heterocycles. The van der Waals surface area contributed by atoms with Crippen LogP contribution in [-0.4, -0.2) is 33.6 Å². The summed E-state index contributed by atoms with van der Waals surface area (Å²) in [4.78, 5) is 15.5. The Balaban J connectivity index is 2.02. The molecule has 0 saturated carbocycles. The summed E-state index contributed by atoms with van der Waals surface area (Å²) in [7, 11) is 0. The van der Waals surface area contributed by atoms with Gasteiger partial charge in [-0.2, -0.15) is 11.8 Å². The third kappa shape index (κ3) is 4.13. The molecule has 0 bridgehead atoms. The van der Waals surface area contributed by atoms with Crippen LogP contribution in [0, 0.1) is 0 Å². The summed E-state index contributed by atoms with van der Waals surface area (Å²) in [5.74, 6) is 1.02. The highest BCUT2D eigenvalue weighted by Gasteiger charge is 2.14. The molecular formula is C14H20N2O2S. The van der Waals surface area contributed by atoms with E-state index in [4.69, 9.17) is 5.11 Å². The number of anilines is 1. The van der Waals surface area contributed by atoms with Gasteiger partial charge >= 0.3 is 5.97 Å². The van der Waals surface area contributed by atoms with Crippen LogP contribution < -0.4 is 5.32 Å². The number of carboxylic acid groups (broad SMARTS) is 1. The first-order valence-electron chi connectivity index (χ1n) is 6.78. The molecule has 1 unspecified atom stereocenters. The number of hydrogen-bond acceptors (Lipinski definition) is 4. The smallest absolute Gasteiger partial charge is 0.335 e. The number of nitrogens with zero attached hydrogens (tertiary/aromatic N) is 1. The molecule has 1 aromatic rings. The first kappa shape index (κ1) is 14.2. The molecule has 2 N–H and O–H groups in total. The normalized spacial score (nSPS) is 19.1. The van der Waals surface area contributed by atoms with Crippen LogP contribution in [0.25, 0.3) is 0 Å². The van der Waals surface area contributed by atoms with E-state index in [0.717, 1.165) is 18.7 Å². The Kier molecular flexibility index (Phi) is 5.07. The molecule has 104 valence electrons. The standard InChI is InChI=1S/C14H20N2O2S/c1-2-11-7-10(14(17)18)8-13(16-11)15-9-12-5-3-4-6-19-12/h7-8,12H,2-6,9H2,1H3,(H,15,16)(H,17,18). The molecular weight excluding hydrogens is 260 g/mol. The van der Waals surface area contributed by atoms with Gasteiger partial charge in [-0.05, 0) is 37.1 Å². The van der Waals surface area contributed by atoms with E-state index in [0.29, 0.717) is 16.6 Å². The second-order valence-electron chi connectivity index (χ2n) is 4.76. The number of carbonyl (C=O) groups is 1. The molecule has 0 spiro atoms. The molecule has 4 nitrogen and oxygen atoms in total. The summed E-state index contributed by atoms with van der Waals surface area (Å²) < 4.78 is 0. The lowest BCUT2D eigenvalue weighted by Crippen LogP contribution is -2.20. The number of pyridine rings is 1. The van der Waals surface area contributed by atoms with Crippen LogP contribution in [0.2, 0.25) is 0 Å². The Hall–Kier alpha value is -1.23. The zero-order valence-corrected chi connectivity index (χ0v) is 12.0. The fourth-order valence-electron chi connectivity index (χ4n) is 2.17. The van der Waals surface area contributed by atoms with E-state index in [9.17, 15) is 4.79 Å². The molecule has 0 amide bonds. The summed E-state index contributed by atoms with van der Waals surface area (Å²) in [6, 6.07) is 3.26. The van der Waals surface area contributed by atoms with Crippen LogP contribution in [0.3, 0.4) is 0 Å². The van der Waals surface area contributed by atoms with E-state index in [-0.39, 0.29) is 0 Å². The molecule has 1 aromatic heterocycles. The van der Waals surface area contributed by atoms with Crippen molar-refractivity contribution >= 4 is 23.5 Å². The molecule has 2 rings (SSSR count). The summed E-state index contributed by atoms with van der Waals surface area (Å²) in [6.07, 6.45) is 4.58. The van der Waals surface area contributed by atoms with E-state index in [1.54, 1.807) is 12.1 Å². The van der Waals surface area contributed by atoms with Crippen LogP contribution in [0.4, 0.5) is 5.82 Å². The van der Waals surface area contributed by atoms with Gasteiger partial charge in [0.1, 0.15) is 5.82 Å². The largest absolute Gasteiger partial charge is 0.478 e. The summed E-state index contributed by atoms with van der Waals surface area (Å²) in [5, 5.41) is 13.0. The maximum Gasteiger partial charge on any atom is 0.335 e. The quantitative estimate of drug-likeness (QED) is 0.868. The molecule has 19 heavy (non-hydrogen) atoms. The van der Waals surface area contributed by atoms with E-state index in [1.165, 1.54) is 25.0 Å². The predicted molar refractivity (Wildman–Crippen MR) is 79.2 cm³/mol. The van der Waals surface area contributed by atoms with E-state index in [1.807, 2.05) is 18.7 Å². The molecule has 1 saturated heterocycles. The average Bonchev–Trinajstić information content (AvgIpc) is 2.45. The molecule has 1 atom stereocenters. The number of aromatic nitrogens is 1. The lowest BCUT2D eigenvalue weighted by Gasteiger charge is -2.21. The van der Waals surface area contributed by atoms with Crippen molar-refractivity contribution in [1.82, 2.24) is 4.98 Å². The minimum atomic E-state index is -0.896. The molecule has 0 aromatic carbocycles. The van der Waals surface area contributed by atoms with E-state index in [2.05, 4.69) is 10.3 Å². The molecule has 1 fully saturated rings. The highest BCUT2D eigenvalue weighted by molar-refractivity contribution is 7.99. The van der Waals surface area contributed by atoms with Crippen molar-refractivity contribution in [2.45, 2.75) is 37.9 Å². The Bertz CT molecular complexity index is 445. The van der Waals surface area contributed by atoms with Gasteiger partial charge in [0, 0.05) is 17.5 Å². The number of nitrogens with one attached hydrogen (secondary N) is 1. The van der Waals surface area contributed by atoms with Gasteiger partial charge in [-0.3, -0.25) is 0 Å². The number of thioether (sulfide) groups is 1. The van der Waals surface area contributed by atoms with Crippen molar-refractivity contribution in [3.63, 3.8) is 0 Å². The van der Waals surface area contributed by atoms with Gasteiger partial charge in [-0.15, -0.1) is 0 Å². The summed E-state index contributed by atoms with van der Waals surface area (Å²) in [6.45, 7) is 2.85. The van der Waals surface area contributed by atoms with E-state index < -0.39 is 5.97 Å². The average molecular weight is 280 g/mol. The fourth-order valence-corrected chi connectivity index (χ4v) is 3.41. The Morgan fingerprint density at radius 3 is 3.00 bits per heavy atom. The lowest BCUT2D eigenvalue weighted by molar-refractivity contribution is 0.0696. The van der Waals surface area contributed by atoms with Crippen LogP contribution >= 0.6 is 11.8 Å². The highest BCUT2D eigenvalue weighted by Crippen LogP contribution is 2.25. The molecule has 0 radical (unpaired) electrons. The van der Waals surface area contributed by atoms with Crippen molar-refractivity contribution in [3.8, 4) is 0 Å². The van der Waals surface area contributed by atoms with Crippen LogP contribution in [0.15, 0.2) is 12.1 Å². The second kappa shape index (κ2) is 6.80. The third-order valence-electron chi connectivity index (χ3n) is 3.27. The highest BCUT2D eigenvalue weighted by atomic mass is 32.2. The van der Waals surface area contributed by atoms with Gasteiger partial charge in [0.25, 0.3) is 0 Å². The van der Waals surface area contributed by atoms with Crippen molar-refractivity contribution in [2.75, 3.05) is 17.6 Å². The number of aromatic carboxylic acids is 1. The zero-order valence-electron chi connectivity index (χ0n) is 11.2. The zero-order chi connectivity index (χ0) is 13.7. The first-order valence-corrected chi connectivity index (χ1v) is 7.83. The van der Waals surface area contributed by atoms with Gasteiger partial charge in [0.15, 0.2) is 0 Å². The van der Waals surface area contributed by atoms with Crippen LogP contribution in [0.1, 0.15) is 42.2 Å². The van der Waals surface area contributed by atoms with Gasteiger partial charge in [0.05, 0.1) is 5.56 Å². The van der Waals surface area contributed by atoms with Crippen LogP contribution in [-0.2, 0) is 6.42 Å². The van der Waals surface area contributed by atoms with E-state index >= 15 is 0 Å². The van der Waals surface area contributed by atoms with Crippen molar-refractivity contribution in [3.05, 3.63) is 23.4 Å². The SMILES string of the molecule is CCc1cc(C(=O)O)cc(NCC2CCCCS2)n1. The minimum absolute atomic E-state index is 0.311. The third-order valence-corrected chi connectivity index (χ3v) is 4.67. The van der Waals surface area contributed by atoms with Crippen molar-refractivity contribution in [2.24, 2.45) is 0 Å². The van der Waals surface area contributed by atoms with Gasteiger partial charge in [-0.25, -0.2) is 9.78 Å². The molecule has 0 aliphatic carbocycles. The maximum atomic E-state index is 11.1. The number of aryl methyl sites for hydroxylation is 1. The Morgan fingerprint density at radius 2 is 2.37 bits per heavy atom. The lowest BCUT2D eigenvalue weighted by atomic mass is 10.2. The first-order chi connectivity index (χ1) is 9.19. The topological polar surface area (TPSA) is 62.2 Å². The minimum Gasteiger partial charge on any atom is -0.478 e. The fraction of sp³-hybridized carbons (Fsp3) is 0.571. The summed E-state index contributed by atoms with van der Waals surface area (Å²) >= 11 is 2.00. The number of rotatable bonds is 5. The molecule has 5 heteroatoms. The molecule has 2 heterocycles. The van der Waals surface area contributed by atoms with Gasteiger partial charge < -0.3 is 10.4 Å². The monoisotopic (exact) mass is 280 g/mol. The number of carboxylic acids is 1. The van der Waals surface area contributed by atoms with Crippen molar-refractivity contribution < 1.29 is 9.90 Å².